The number of benzene rings is 3. The van der Waals surface area contributed by atoms with Gasteiger partial charge >= 0.3 is 0 Å². The molecule has 102 valence electrons. The second-order valence-electron chi connectivity index (χ2n) is 5.24. The largest absolute Gasteiger partial charge is 0.455 e. The first kappa shape index (κ1) is 12.4. The topological polar surface area (TPSA) is 30.2 Å². The fourth-order valence-electron chi connectivity index (χ4n) is 2.72. The highest BCUT2D eigenvalue weighted by molar-refractivity contribution is 6.31. The summed E-state index contributed by atoms with van der Waals surface area (Å²) in [6, 6.07) is 15.0. The summed E-state index contributed by atoms with van der Waals surface area (Å²) in [5.41, 5.74) is 2.29. The monoisotopic (exact) mass is 294 g/mol. The Morgan fingerprint density at radius 2 is 1.71 bits per heavy atom. The van der Waals surface area contributed by atoms with Crippen molar-refractivity contribution in [3.63, 3.8) is 0 Å². The average molecular weight is 295 g/mol. The van der Waals surface area contributed by atoms with E-state index in [4.69, 9.17) is 16.0 Å². The summed E-state index contributed by atoms with van der Waals surface area (Å²) in [6.45, 7) is 2.03. The van der Waals surface area contributed by atoms with Gasteiger partial charge in [0.2, 0.25) is 5.43 Å². The third kappa shape index (κ3) is 1.83. The highest BCUT2D eigenvalue weighted by Crippen LogP contribution is 2.28. The lowest BCUT2D eigenvalue weighted by atomic mass is 10.0. The van der Waals surface area contributed by atoms with E-state index >= 15 is 0 Å². The minimum Gasteiger partial charge on any atom is -0.455 e. The van der Waals surface area contributed by atoms with E-state index in [9.17, 15) is 4.79 Å². The van der Waals surface area contributed by atoms with Crippen LogP contribution in [0.2, 0.25) is 5.02 Å². The van der Waals surface area contributed by atoms with Crippen LogP contribution in [0.1, 0.15) is 5.56 Å². The van der Waals surface area contributed by atoms with Crippen LogP contribution < -0.4 is 5.43 Å². The SMILES string of the molecule is Cc1ccc2ccc3c(=O)c4cc(Cl)ccc4oc3c2c1. The predicted molar refractivity (Wildman–Crippen MR) is 87.2 cm³/mol. The zero-order chi connectivity index (χ0) is 14.6. The molecule has 0 spiro atoms. The summed E-state index contributed by atoms with van der Waals surface area (Å²) in [7, 11) is 0. The summed E-state index contributed by atoms with van der Waals surface area (Å²) in [4.78, 5) is 12.7. The van der Waals surface area contributed by atoms with Crippen molar-refractivity contribution in [2.24, 2.45) is 0 Å². The van der Waals surface area contributed by atoms with Crippen LogP contribution >= 0.6 is 11.6 Å². The van der Waals surface area contributed by atoms with Crippen LogP contribution in [0, 0.1) is 6.92 Å². The molecule has 0 aliphatic carbocycles. The van der Waals surface area contributed by atoms with Gasteiger partial charge in [0.05, 0.1) is 10.8 Å². The molecule has 0 saturated carbocycles. The zero-order valence-electron chi connectivity index (χ0n) is 11.3. The smallest absolute Gasteiger partial charge is 0.200 e. The lowest BCUT2D eigenvalue weighted by Crippen LogP contribution is -2.02. The van der Waals surface area contributed by atoms with Gasteiger partial charge in [-0.25, -0.2) is 0 Å². The number of halogens is 1. The van der Waals surface area contributed by atoms with Crippen LogP contribution in [-0.2, 0) is 0 Å². The Labute approximate surface area is 125 Å². The lowest BCUT2D eigenvalue weighted by molar-refractivity contribution is 0.664. The molecule has 3 aromatic carbocycles. The van der Waals surface area contributed by atoms with Crippen molar-refractivity contribution in [2.45, 2.75) is 6.92 Å². The lowest BCUT2D eigenvalue weighted by Gasteiger charge is -2.06. The number of rotatable bonds is 0. The second-order valence-corrected chi connectivity index (χ2v) is 5.67. The maximum Gasteiger partial charge on any atom is 0.200 e. The van der Waals surface area contributed by atoms with E-state index in [1.165, 1.54) is 0 Å². The first-order valence-electron chi connectivity index (χ1n) is 6.69. The number of hydrogen-bond acceptors (Lipinski definition) is 2. The first-order valence-corrected chi connectivity index (χ1v) is 7.07. The van der Waals surface area contributed by atoms with Gasteiger partial charge in [0.15, 0.2) is 0 Å². The van der Waals surface area contributed by atoms with E-state index in [1.54, 1.807) is 18.2 Å². The molecule has 0 unspecified atom stereocenters. The van der Waals surface area contributed by atoms with Crippen molar-refractivity contribution in [3.05, 3.63) is 69.3 Å². The Hall–Kier alpha value is -2.32. The van der Waals surface area contributed by atoms with Gasteiger partial charge in [0.1, 0.15) is 11.2 Å². The fourth-order valence-corrected chi connectivity index (χ4v) is 2.89. The molecule has 1 aromatic heterocycles. The molecule has 0 amide bonds. The fraction of sp³-hybridized carbons (Fsp3) is 0.0556. The van der Waals surface area contributed by atoms with Crippen molar-refractivity contribution in [2.75, 3.05) is 0 Å². The highest BCUT2D eigenvalue weighted by atomic mass is 35.5. The molecule has 0 fully saturated rings. The quantitative estimate of drug-likeness (QED) is 0.335. The van der Waals surface area contributed by atoms with Crippen LogP contribution in [0.5, 0.6) is 0 Å². The van der Waals surface area contributed by atoms with Crippen molar-refractivity contribution < 1.29 is 4.42 Å². The highest BCUT2D eigenvalue weighted by Gasteiger charge is 2.11. The van der Waals surface area contributed by atoms with Crippen LogP contribution in [0.4, 0.5) is 0 Å². The maximum absolute atomic E-state index is 12.7. The zero-order valence-corrected chi connectivity index (χ0v) is 12.1. The minimum atomic E-state index is -0.0443. The van der Waals surface area contributed by atoms with E-state index in [1.807, 2.05) is 37.3 Å². The molecule has 0 aliphatic heterocycles. The Morgan fingerprint density at radius 3 is 2.57 bits per heavy atom. The van der Waals surface area contributed by atoms with Crippen LogP contribution in [0.3, 0.4) is 0 Å². The van der Waals surface area contributed by atoms with E-state index < -0.39 is 0 Å². The van der Waals surface area contributed by atoms with Crippen molar-refractivity contribution in [1.29, 1.82) is 0 Å². The molecular weight excluding hydrogens is 284 g/mol. The van der Waals surface area contributed by atoms with Crippen molar-refractivity contribution in [3.8, 4) is 0 Å². The molecule has 0 bridgehead atoms. The Bertz CT molecular complexity index is 1080. The van der Waals surface area contributed by atoms with Gasteiger partial charge in [-0.15, -0.1) is 0 Å². The molecule has 0 aliphatic rings. The predicted octanol–water partition coefficient (Wildman–Crippen LogP) is 5.06. The van der Waals surface area contributed by atoms with E-state index in [2.05, 4.69) is 0 Å². The van der Waals surface area contributed by atoms with Gasteiger partial charge in [-0.1, -0.05) is 35.4 Å². The van der Waals surface area contributed by atoms with Gasteiger partial charge in [-0.05, 0) is 42.6 Å². The molecular formula is C18H11ClO2. The van der Waals surface area contributed by atoms with Gasteiger partial charge in [-0.2, -0.15) is 0 Å². The van der Waals surface area contributed by atoms with Crippen LogP contribution in [-0.4, -0.2) is 0 Å². The van der Waals surface area contributed by atoms with Crippen LogP contribution in [0.25, 0.3) is 32.7 Å². The average Bonchev–Trinajstić information content (AvgIpc) is 2.48. The molecule has 0 saturated heterocycles. The molecule has 0 radical (unpaired) electrons. The molecule has 0 N–H and O–H groups in total. The van der Waals surface area contributed by atoms with E-state index in [-0.39, 0.29) is 5.43 Å². The molecule has 3 heteroatoms. The Balaban J connectivity index is 2.30. The molecule has 1 heterocycles. The molecule has 2 nitrogen and oxygen atoms in total. The Morgan fingerprint density at radius 1 is 0.905 bits per heavy atom. The van der Waals surface area contributed by atoms with Gasteiger partial charge in [0.25, 0.3) is 0 Å². The van der Waals surface area contributed by atoms with E-state index in [0.717, 1.165) is 16.3 Å². The summed E-state index contributed by atoms with van der Waals surface area (Å²) in [5, 5.41) is 3.65. The first-order chi connectivity index (χ1) is 10.1. The van der Waals surface area contributed by atoms with Gasteiger partial charge in [0, 0.05) is 10.4 Å². The number of aryl methyl sites for hydroxylation is 1. The molecule has 21 heavy (non-hydrogen) atoms. The minimum absolute atomic E-state index is 0.0443. The third-order valence-electron chi connectivity index (χ3n) is 3.77. The number of fused-ring (bicyclic) bond motifs is 4. The second kappa shape index (κ2) is 4.34. The normalized spacial score (nSPS) is 11.5. The van der Waals surface area contributed by atoms with E-state index in [0.29, 0.717) is 27.0 Å². The summed E-state index contributed by atoms with van der Waals surface area (Å²) < 4.78 is 5.99. The van der Waals surface area contributed by atoms with Gasteiger partial charge < -0.3 is 4.42 Å². The summed E-state index contributed by atoms with van der Waals surface area (Å²) in [5.74, 6) is 0. The van der Waals surface area contributed by atoms with Crippen LogP contribution in [0.15, 0.2) is 57.7 Å². The number of hydrogen-bond donors (Lipinski definition) is 0. The summed E-state index contributed by atoms with van der Waals surface area (Å²) >= 11 is 5.98. The van der Waals surface area contributed by atoms with Gasteiger partial charge in [-0.3, -0.25) is 4.79 Å². The van der Waals surface area contributed by atoms with Crippen molar-refractivity contribution in [1.82, 2.24) is 0 Å². The van der Waals surface area contributed by atoms with Crippen molar-refractivity contribution >= 4 is 44.3 Å². The third-order valence-corrected chi connectivity index (χ3v) is 4.01. The standard InChI is InChI=1S/C18H11ClO2/c1-10-2-3-11-4-6-13-17(20)15-9-12(19)5-7-16(15)21-18(13)14(11)8-10/h2-9H,1H3. The molecule has 0 atom stereocenters. The Kier molecular flexibility index (Phi) is 2.57. The molecule has 4 rings (SSSR count). The maximum atomic E-state index is 12.7. The molecule has 4 aromatic rings. The summed E-state index contributed by atoms with van der Waals surface area (Å²) in [6.07, 6.45) is 0.